The second kappa shape index (κ2) is 4.34. The number of hydrogen-bond acceptors (Lipinski definition) is 2. The van der Waals surface area contributed by atoms with E-state index in [0.29, 0.717) is 6.04 Å². The smallest absolute Gasteiger partial charge is 0.0659 e. The minimum absolute atomic E-state index is 0.661. The highest BCUT2D eigenvalue weighted by Gasteiger charge is 2.26. The van der Waals surface area contributed by atoms with Gasteiger partial charge in [0, 0.05) is 10.9 Å². The highest BCUT2D eigenvalue weighted by Crippen LogP contribution is 2.37. The van der Waals surface area contributed by atoms with Crippen molar-refractivity contribution in [1.82, 2.24) is 5.32 Å². The van der Waals surface area contributed by atoms with Gasteiger partial charge in [-0.25, -0.2) is 0 Å². The van der Waals surface area contributed by atoms with Crippen molar-refractivity contribution in [2.45, 2.75) is 38.1 Å². The van der Waals surface area contributed by atoms with Crippen LogP contribution in [0.2, 0.25) is 0 Å². The van der Waals surface area contributed by atoms with E-state index in [4.69, 9.17) is 0 Å². The lowest BCUT2D eigenvalue weighted by atomic mass is 9.94. The van der Waals surface area contributed by atoms with Crippen LogP contribution in [-0.4, -0.2) is 6.54 Å². The normalized spacial score (nSPS) is 25.3. The molecule has 15 heavy (non-hydrogen) atoms. The zero-order valence-corrected chi connectivity index (χ0v) is 11.7. The first-order valence-corrected chi connectivity index (χ1v) is 7.74. The fourth-order valence-electron chi connectivity index (χ4n) is 2.36. The minimum Gasteiger partial charge on any atom is -0.310 e. The number of aryl methyl sites for hydroxylation is 1. The number of halogens is 1. The van der Waals surface area contributed by atoms with Gasteiger partial charge >= 0.3 is 0 Å². The topological polar surface area (TPSA) is 12.0 Å². The van der Waals surface area contributed by atoms with E-state index in [0.717, 1.165) is 5.92 Å². The van der Waals surface area contributed by atoms with E-state index < -0.39 is 0 Å². The number of hydrogen-bond donors (Lipinski definition) is 1. The summed E-state index contributed by atoms with van der Waals surface area (Å²) in [6, 6.07) is 3.05. The quantitative estimate of drug-likeness (QED) is 0.831. The summed E-state index contributed by atoms with van der Waals surface area (Å²) in [5, 5.41) is 3.76. The predicted octanol–water partition coefficient (Wildman–Crippen LogP) is 3.73. The molecular formula is C12H16INS. The Morgan fingerprint density at radius 2 is 2.27 bits per heavy atom. The Kier molecular flexibility index (Phi) is 3.05. The Morgan fingerprint density at radius 1 is 1.40 bits per heavy atom. The molecule has 1 atom stereocenters. The van der Waals surface area contributed by atoms with Crippen LogP contribution in [0.3, 0.4) is 0 Å². The second-order valence-corrected chi connectivity index (χ2v) is 7.76. The van der Waals surface area contributed by atoms with Crippen molar-refractivity contribution >= 4 is 33.9 Å². The van der Waals surface area contributed by atoms with Gasteiger partial charge < -0.3 is 5.32 Å². The third-order valence-electron chi connectivity index (χ3n) is 3.43. The van der Waals surface area contributed by atoms with Crippen molar-refractivity contribution < 1.29 is 0 Å². The van der Waals surface area contributed by atoms with Crippen molar-refractivity contribution in [3.05, 3.63) is 19.4 Å². The van der Waals surface area contributed by atoms with E-state index in [1.165, 1.54) is 41.5 Å². The third-order valence-corrected chi connectivity index (χ3v) is 5.40. The van der Waals surface area contributed by atoms with E-state index in [1.54, 1.807) is 10.4 Å². The Balaban J connectivity index is 1.72. The Morgan fingerprint density at radius 3 is 3.07 bits per heavy atom. The first-order chi connectivity index (χ1) is 7.33. The summed E-state index contributed by atoms with van der Waals surface area (Å²) < 4.78 is 1.46. The first kappa shape index (κ1) is 10.5. The van der Waals surface area contributed by atoms with Crippen LogP contribution in [0.5, 0.6) is 0 Å². The van der Waals surface area contributed by atoms with Crippen molar-refractivity contribution in [3.63, 3.8) is 0 Å². The first-order valence-electron chi connectivity index (χ1n) is 5.84. The molecule has 0 bridgehead atoms. The highest BCUT2D eigenvalue weighted by molar-refractivity contribution is 14.1. The fourth-order valence-corrected chi connectivity index (χ4v) is 4.48. The summed E-state index contributed by atoms with van der Waals surface area (Å²) in [6.45, 7) is 1.25. The molecule has 0 aliphatic heterocycles. The molecule has 1 heterocycles. The Bertz CT molecular complexity index is 357. The molecule has 0 spiro atoms. The summed E-state index contributed by atoms with van der Waals surface area (Å²) in [4.78, 5) is 1.64. The standard InChI is InChI=1S/C12H16INS/c13-12-6-9-10(14-7-8-4-5-8)2-1-3-11(9)15-12/h6,8,10,14H,1-5,7H2. The molecule has 2 aliphatic rings. The summed E-state index contributed by atoms with van der Waals surface area (Å²) >= 11 is 4.45. The van der Waals surface area contributed by atoms with Crippen molar-refractivity contribution in [2.24, 2.45) is 5.92 Å². The molecule has 0 aromatic carbocycles. The van der Waals surface area contributed by atoms with Crippen LogP contribution in [0, 0.1) is 8.80 Å². The van der Waals surface area contributed by atoms with Crippen LogP contribution < -0.4 is 5.32 Å². The fraction of sp³-hybridized carbons (Fsp3) is 0.667. The van der Waals surface area contributed by atoms with Gasteiger partial charge in [0.1, 0.15) is 0 Å². The molecule has 1 unspecified atom stereocenters. The predicted molar refractivity (Wildman–Crippen MR) is 73.4 cm³/mol. The largest absolute Gasteiger partial charge is 0.310 e. The van der Waals surface area contributed by atoms with Crippen LogP contribution in [0.1, 0.15) is 42.2 Å². The molecule has 1 nitrogen and oxygen atoms in total. The number of nitrogens with one attached hydrogen (secondary N) is 1. The van der Waals surface area contributed by atoms with Crippen LogP contribution in [0.15, 0.2) is 6.07 Å². The zero-order valence-electron chi connectivity index (χ0n) is 8.76. The van der Waals surface area contributed by atoms with Crippen LogP contribution >= 0.6 is 33.9 Å². The lowest BCUT2D eigenvalue weighted by molar-refractivity contribution is 0.454. The molecule has 0 radical (unpaired) electrons. The van der Waals surface area contributed by atoms with E-state index in [2.05, 4.69) is 34.0 Å². The second-order valence-electron chi connectivity index (χ2n) is 4.73. The van der Waals surface area contributed by atoms with Crippen LogP contribution in [-0.2, 0) is 6.42 Å². The molecule has 3 heteroatoms. The van der Waals surface area contributed by atoms with E-state index in [9.17, 15) is 0 Å². The van der Waals surface area contributed by atoms with Crippen LogP contribution in [0.4, 0.5) is 0 Å². The van der Waals surface area contributed by atoms with Gasteiger partial charge in [-0.3, -0.25) is 0 Å². The molecule has 0 amide bonds. The van der Waals surface area contributed by atoms with Gasteiger partial charge in [0.15, 0.2) is 0 Å². The van der Waals surface area contributed by atoms with Crippen molar-refractivity contribution in [1.29, 1.82) is 0 Å². The lowest BCUT2D eigenvalue weighted by Gasteiger charge is -2.23. The van der Waals surface area contributed by atoms with E-state index in [1.807, 2.05) is 11.3 Å². The van der Waals surface area contributed by atoms with Gasteiger partial charge in [0.25, 0.3) is 0 Å². The minimum atomic E-state index is 0.661. The van der Waals surface area contributed by atoms with Crippen molar-refractivity contribution in [2.75, 3.05) is 6.54 Å². The molecule has 0 saturated heterocycles. The maximum Gasteiger partial charge on any atom is 0.0659 e. The highest BCUT2D eigenvalue weighted by atomic mass is 127. The molecule has 1 fully saturated rings. The molecule has 2 aliphatic carbocycles. The summed E-state index contributed by atoms with van der Waals surface area (Å²) in [6.07, 6.45) is 6.92. The Hall–Kier alpha value is 0.390. The SMILES string of the molecule is Ic1cc2c(s1)CCCC2NCC1CC1. The van der Waals surface area contributed by atoms with Gasteiger partial charge in [0.2, 0.25) is 0 Å². The lowest BCUT2D eigenvalue weighted by Crippen LogP contribution is -2.26. The molecule has 1 N–H and O–H groups in total. The van der Waals surface area contributed by atoms with Gasteiger partial charge in [-0.1, -0.05) is 0 Å². The number of thiophene rings is 1. The summed E-state index contributed by atoms with van der Waals surface area (Å²) in [5.74, 6) is 0.994. The van der Waals surface area contributed by atoms with Crippen molar-refractivity contribution in [3.8, 4) is 0 Å². The maximum absolute atomic E-state index is 3.76. The molecule has 1 aromatic rings. The summed E-state index contributed by atoms with van der Waals surface area (Å²) in [7, 11) is 0. The van der Waals surface area contributed by atoms with Gasteiger partial charge in [0.05, 0.1) is 2.88 Å². The molecule has 82 valence electrons. The van der Waals surface area contributed by atoms with Gasteiger partial charge in [-0.05, 0) is 78.8 Å². The van der Waals surface area contributed by atoms with E-state index >= 15 is 0 Å². The molecule has 1 aromatic heterocycles. The van der Waals surface area contributed by atoms with Crippen LogP contribution in [0.25, 0.3) is 0 Å². The summed E-state index contributed by atoms with van der Waals surface area (Å²) in [5.41, 5.74) is 1.61. The monoisotopic (exact) mass is 333 g/mol. The zero-order chi connectivity index (χ0) is 10.3. The molecular weight excluding hydrogens is 317 g/mol. The van der Waals surface area contributed by atoms with Gasteiger partial charge in [-0.2, -0.15) is 0 Å². The number of fused-ring (bicyclic) bond motifs is 1. The number of rotatable bonds is 3. The van der Waals surface area contributed by atoms with Gasteiger partial charge in [-0.15, -0.1) is 11.3 Å². The average molecular weight is 333 g/mol. The van der Waals surface area contributed by atoms with E-state index in [-0.39, 0.29) is 0 Å². The average Bonchev–Trinajstić information content (AvgIpc) is 2.96. The maximum atomic E-state index is 3.76. The molecule has 1 saturated carbocycles. The third kappa shape index (κ3) is 2.39. The Labute approximate surface area is 109 Å². The molecule has 3 rings (SSSR count).